The molecule has 1 spiro atoms. The fourth-order valence-corrected chi connectivity index (χ4v) is 5.21. The predicted molar refractivity (Wildman–Crippen MR) is 132 cm³/mol. The predicted octanol–water partition coefficient (Wildman–Crippen LogP) is 4.98. The third-order valence-corrected chi connectivity index (χ3v) is 6.86. The highest BCUT2D eigenvalue weighted by Gasteiger charge is 2.53. The van der Waals surface area contributed by atoms with Crippen molar-refractivity contribution < 1.29 is 23.7 Å². The second-order valence-corrected chi connectivity index (χ2v) is 8.91. The molecule has 2 aromatic carbocycles. The minimum atomic E-state index is -0.652. The molecule has 0 saturated carbocycles. The van der Waals surface area contributed by atoms with Crippen LogP contribution in [0.2, 0.25) is 0 Å². The summed E-state index contributed by atoms with van der Waals surface area (Å²) < 4.78 is 23.6. The van der Waals surface area contributed by atoms with Gasteiger partial charge < -0.3 is 23.8 Å². The first kappa shape index (κ1) is 23.3. The molecular formula is C27H33N3O5. The van der Waals surface area contributed by atoms with E-state index in [0.717, 1.165) is 40.5 Å². The first-order valence-electron chi connectivity index (χ1n) is 12.5. The normalized spacial score (nSPS) is 20.0. The summed E-state index contributed by atoms with van der Waals surface area (Å²) in [4.78, 5) is 14.1. The Balaban J connectivity index is 1.49. The van der Waals surface area contributed by atoms with Crippen molar-refractivity contribution in [2.45, 2.75) is 51.8 Å². The molecule has 1 amide bonds. The second kappa shape index (κ2) is 9.68. The van der Waals surface area contributed by atoms with Gasteiger partial charge in [0.15, 0.2) is 11.5 Å². The Morgan fingerprint density at radius 3 is 2.46 bits per heavy atom. The molecule has 3 heterocycles. The molecule has 35 heavy (non-hydrogen) atoms. The molecule has 0 N–H and O–H groups in total. The summed E-state index contributed by atoms with van der Waals surface area (Å²) in [5, 5.41) is 7.26. The number of hydrogen-bond donors (Lipinski definition) is 0. The Kier molecular flexibility index (Phi) is 6.45. The first-order valence-corrected chi connectivity index (χ1v) is 12.5. The van der Waals surface area contributed by atoms with E-state index in [-0.39, 0.29) is 12.1 Å². The molecule has 1 saturated heterocycles. The van der Waals surface area contributed by atoms with E-state index in [9.17, 15) is 4.79 Å². The lowest BCUT2D eigenvalue weighted by atomic mass is 9.90. The highest BCUT2D eigenvalue weighted by molar-refractivity contribution is 6.02. The summed E-state index contributed by atoms with van der Waals surface area (Å²) in [7, 11) is 0. The molecule has 0 aromatic heterocycles. The van der Waals surface area contributed by atoms with Gasteiger partial charge in [-0.2, -0.15) is 5.10 Å². The Morgan fingerprint density at radius 1 is 1.03 bits per heavy atom. The van der Waals surface area contributed by atoms with Crippen LogP contribution in [0, 0.1) is 0 Å². The number of amides is 1. The summed E-state index contributed by atoms with van der Waals surface area (Å²) in [6, 6.07) is 14.2. The van der Waals surface area contributed by atoms with Gasteiger partial charge >= 0.3 is 6.09 Å². The van der Waals surface area contributed by atoms with E-state index >= 15 is 0 Å². The number of carbonyl (C=O) groups is 1. The number of rotatable bonds is 6. The highest BCUT2D eigenvalue weighted by Crippen LogP contribution is 2.52. The van der Waals surface area contributed by atoms with Gasteiger partial charge in [-0.3, -0.25) is 0 Å². The summed E-state index contributed by atoms with van der Waals surface area (Å²) >= 11 is 0. The molecule has 0 radical (unpaired) electrons. The van der Waals surface area contributed by atoms with Crippen LogP contribution >= 0.6 is 0 Å². The van der Waals surface area contributed by atoms with Crippen molar-refractivity contribution in [1.82, 2.24) is 9.91 Å². The zero-order valence-corrected chi connectivity index (χ0v) is 20.7. The number of nitrogens with zero attached hydrogens (tertiary/aromatic N) is 3. The Morgan fingerprint density at radius 2 is 1.77 bits per heavy atom. The molecule has 186 valence electrons. The molecule has 1 fully saturated rings. The fourth-order valence-electron chi connectivity index (χ4n) is 5.21. The molecule has 2 aromatic rings. The number of piperidine rings is 1. The molecule has 0 aliphatic carbocycles. The molecule has 3 aliphatic heterocycles. The van der Waals surface area contributed by atoms with Crippen LogP contribution in [-0.4, -0.2) is 60.3 Å². The van der Waals surface area contributed by atoms with Crippen molar-refractivity contribution in [1.29, 1.82) is 0 Å². The zero-order chi connectivity index (χ0) is 24.4. The lowest BCUT2D eigenvalue weighted by Crippen LogP contribution is -2.59. The molecule has 1 atom stereocenters. The minimum absolute atomic E-state index is 0.0369. The number of carbonyl (C=O) groups excluding carboxylic acids is 1. The van der Waals surface area contributed by atoms with E-state index in [1.165, 1.54) is 0 Å². The van der Waals surface area contributed by atoms with E-state index in [4.69, 9.17) is 24.0 Å². The van der Waals surface area contributed by atoms with E-state index in [0.29, 0.717) is 45.8 Å². The maximum Gasteiger partial charge on any atom is 0.409 e. The van der Waals surface area contributed by atoms with E-state index < -0.39 is 5.72 Å². The van der Waals surface area contributed by atoms with Crippen LogP contribution in [0.4, 0.5) is 4.79 Å². The van der Waals surface area contributed by atoms with Crippen LogP contribution in [0.3, 0.4) is 0 Å². The molecule has 5 rings (SSSR count). The standard InChI is InChI=1S/C27H33N3O5/c1-4-32-20-12-10-19(11-13-20)22-18-23-21-8-7-9-24(33-5-2)25(21)35-27(30(23)28-22)14-16-29(17-15-27)26(31)34-6-3/h7-13,23H,4-6,14-18H2,1-3H3/t23-/m0/s1. The van der Waals surface area contributed by atoms with Crippen molar-refractivity contribution in [2.75, 3.05) is 32.9 Å². The summed E-state index contributed by atoms with van der Waals surface area (Å²) in [5.74, 6) is 2.40. The Hall–Kier alpha value is -3.42. The number of hydrazone groups is 1. The highest BCUT2D eigenvalue weighted by atomic mass is 16.6. The summed E-state index contributed by atoms with van der Waals surface area (Å²) in [6.07, 6.45) is 1.75. The van der Waals surface area contributed by atoms with Crippen molar-refractivity contribution in [2.24, 2.45) is 5.10 Å². The smallest absolute Gasteiger partial charge is 0.409 e. The second-order valence-electron chi connectivity index (χ2n) is 8.91. The fraction of sp³-hybridized carbons (Fsp3) is 0.481. The van der Waals surface area contributed by atoms with Gasteiger partial charge in [-0.1, -0.05) is 12.1 Å². The van der Waals surface area contributed by atoms with Crippen molar-refractivity contribution in [3.05, 3.63) is 53.6 Å². The zero-order valence-electron chi connectivity index (χ0n) is 20.7. The summed E-state index contributed by atoms with van der Waals surface area (Å²) in [6.45, 7) is 8.43. The van der Waals surface area contributed by atoms with Gasteiger partial charge in [-0.05, 0) is 56.7 Å². The number of fused-ring (bicyclic) bond motifs is 4. The summed E-state index contributed by atoms with van der Waals surface area (Å²) in [5.41, 5.74) is 2.52. The molecule has 8 nitrogen and oxygen atoms in total. The SMILES string of the molecule is CCOC(=O)N1CCC2(CC1)Oc1c(OCC)cccc1[C@@H]1CC(c3ccc(OCC)cc3)=NN12. The van der Waals surface area contributed by atoms with Crippen LogP contribution in [0.1, 0.15) is 57.2 Å². The van der Waals surface area contributed by atoms with Crippen molar-refractivity contribution >= 4 is 11.8 Å². The number of hydrogen-bond acceptors (Lipinski definition) is 7. The van der Waals surface area contributed by atoms with Gasteiger partial charge in [0.1, 0.15) is 5.75 Å². The lowest BCUT2D eigenvalue weighted by Gasteiger charge is -2.51. The lowest BCUT2D eigenvalue weighted by molar-refractivity contribution is -0.148. The van der Waals surface area contributed by atoms with E-state index in [1.54, 1.807) is 4.90 Å². The Bertz CT molecular complexity index is 1090. The third kappa shape index (κ3) is 4.26. The van der Waals surface area contributed by atoms with Gasteiger partial charge in [0.25, 0.3) is 0 Å². The van der Waals surface area contributed by atoms with Crippen LogP contribution < -0.4 is 14.2 Å². The van der Waals surface area contributed by atoms with Gasteiger partial charge in [0.2, 0.25) is 5.72 Å². The van der Waals surface area contributed by atoms with Crippen LogP contribution in [0.15, 0.2) is 47.6 Å². The van der Waals surface area contributed by atoms with E-state index in [2.05, 4.69) is 23.2 Å². The number of ether oxygens (including phenoxy) is 4. The van der Waals surface area contributed by atoms with Crippen molar-refractivity contribution in [3.8, 4) is 17.2 Å². The van der Waals surface area contributed by atoms with Crippen LogP contribution in [0.5, 0.6) is 17.2 Å². The van der Waals surface area contributed by atoms with Gasteiger partial charge in [0.05, 0.1) is 31.6 Å². The van der Waals surface area contributed by atoms with Crippen LogP contribution in [-0.2, 0) is 4.74 Å². The molecular weight excluding hydrogens is 446 g/mol. The number of para-hydroxylation sites is 1. The quantitative estimate of drug-likeness (QED) is 0.582. The first-order chi connectivity index (χ1) is 17.1. The van der Waals surface area contributed by atoms with Crippen LogP contribution in [0.25, 0.3) is 0 Å². The molecule has 8 heteroatoms. The van der Waals surface area contributed by atoms with Gasteiger partial charge in [-0.25, -0.2) is 9.80 Å². The monoisotopic (exact) mass is 479 g/mol. The third-order valence-electron chi connectivity index (χ3n) is 6.86. The Labute approximate surface area is 206 Å². The minimum Gasteiger partial charge on any atom is -0.494 e. The number of likely N-dealkylation sites (tertiary alicyclic amines) is 1. The topological polar surface area (TPSA) is 72.8 Å². The maximum absolute atomic E-state index is 12.3. The maximum atomic E-state index is 12.3. The average molecular weight is 480 g/mol. The van der Waals surface area contributed by atoms with Gasteiger partial charge in [-0.15, -0.1) is 0 Å². The van der Waals surface area contributed by atoms with E-state index in [1.807, 2.05) is 45.0 Å². The molecule has 0 unspecified atom stereocenters. The molecule has 3 aliphatic rings. The molecule has 0 bridgehead atoms. The average Bonchev–Trinajstić information content (AvgIpc) is 3.33. The van der Waals surface area contributed by atoms with Gasteiger partial charge in [0, 0.05) is 37.9 Å². The van der Waals surface area contributed by atoms with Crippen molar-refractivity contribution in [3.63, 3.8) is 0 Å². The largest absolute Gasteiger partial charge is 0.494 e. The number of benzene rings is 2.